The number of aliphatic carboxylic acids is 1. The van der Waals surface area contributed by atoms with E-state index in [1.54, 1.807) is 26.4 Å². The number of fused-ring (bicyclic) bond motifs is 2. The van der Waals surface area contributed by atoms with Gasteiger partial charge in [-0.3, -0.25) is 13.9 Å². The summed E-state index contributed by atoms with van der Waals surface area (Å²) >= 11 is 0. The SMILES string of the molecule is COCC[N+](CCOC)=c1ccc2c(C(C)(C)C)cc(/C=C/C=C3/N(CCOCCC(=O)O)c4ccc(S(=O)(=O)O)cc4C3(C)CCCS(=O)(=O)O)oc-2c1.[Na+]. The minimum atomic E-state index is -4.59. The van der Waals surface area contributed by atoms with Gasteiger partial charge in [0.05, 0.1) is 36.3 Å². The average molecular weight is 829 g/mol. The molecule has 1 atom stereocenters. The molecule has 3 aliphatic rings. The van der Waals surface area contributed by atoms with E-state index in [9.17, 15) is 30.7 Å². The van der Waals surface area contributed by atoms with Crippen molar-refractivity contribution in [1.82, 2.24) is 4.58 Å². The maximum Gasteiger partial charge on any atom is 1.00 e. The minimum Gasteiger partial charge on any atom is -0.481 e. The van der Waals surface area contributed by atoms with Crippen LogP contribution in [0.5, 0.6) is 0 Å². The van der Waals surface area contributed by atoms with Gasteiger partial charge in [0.2, 0.25) is 5.36 Å². The molecule has 0 saturated carbocycles. The largest absolute Gasteiger partial charge is 1.00 e. The predicted octanol–water partition coefficient (Wildman–Crippen LogP) is 1.83. The number of methoxy groups -OCH3 is 2. The van der Waals surface area contributed by atoms with Crippen molar-refractivity contribution in [2.45, 2.75) is 62.7 Å². The van der Waals surface area contributed by atoms with E-state index in [-0.39, 0.29) is 78.9 Å². The smallest absolute Gasteiger partial charge is 0.481 e. The van der Waals surface area contributed by atoms with Crippen LogP contribution >= 0.6 is 0 Å². The number of carboxylic acids is 1. The second kappa shape index (κ2) is 20.2. The van der Waals surface area contributed by atoms with Crippen LogP contribution in [-0.4, -0.2) is 103 Å². The summed E-state index contributed by atoms with van der Waals surface area (Å²) in [6.07, 6.45) is 5.49. The first kappa shape index (κ1) is 47.5. The Hall–Kier alpha value is -2.90. The van der Waals surface area contributed by atoms with Crippen molar-refractivity contribution >= 4 is 38.0 Å². The first-order valence-electron chi connectivity index (χ1n) is 18.0. The van der Waals surface area contributed by atoms with Crippen molar-refractivity contribution in [3.8, 4) is 11.3 Å². The van der Waals surface area contributed by atoms with Crippen LogP contribution in [0.2, 0.25) is 0 Å². The Morgan fingerprint density at radius 1 is 0.964 bits per heavy atom. The molecular formula is C39H53N2NaO12S2+2. The normalized spacial score (nSPS) is 16.8. The quantitative estimate of drug-likeness (QED) is 0.0687. The van der Waals surface area contributed by atoms with Gasteiger partial charge in [0.15, 0.2) is 13.1 Å². The molecule has 2 aliphatic heterocycles. The third-order valence-electron chi connectivity index (χ3n) is 9.59. The van der Waals surface area contributed by atoms with E-state index in [2.05, 4.69) is 37.5 Å². The van der Waals surface area contributed by atoms with Crippen LogP contribution in [0.4, 0.5) is 5.69 Å². The number of ether oxygens (including phenoxy) is 3. The van der Waals surface area contributed by atoms with Gasteiger partial charge in [0, 0.05) is 49.2 Å². The van der Waals surface area contributed by atoms with Gasteiger partial charge in [-0.25, -0.2) is 4.58 Å². The molecule has 1 aliphatic carbocycles. The zero-order valence-electron chi connectivity index (χ0n) is 33.3. The molecule has 0 radical (unpaired) electrons. The molecule has 1 aromatic carbocycles. The summed E-state index contributed by atoms with van der Waals surface area (Å²) in [5.74, 6) is -0.272. The number of allylic oxidation sites excluding steroid dienone is 3. The molecule has 0 amide bonds. The Balaban J connectivity index is 0.00000841. The minimum absolute atomic E-state index is 0. The average Bonchev–Trinajstić information content (AvgIpc) is 3.32. The van der Waals surface area contributed by atoms with Gasteiger partial charge in [0.1, 0.15) is 24.7 Å². The van der Waals surface area contributed by atoms with E-state index in [1.807, 2.05) is 36.1 Å². The van der Waals surface area contributed by atoms with E-state index in [1.165, 1.54) is 12.1 Å². The fraction of sp³-hybridized carbons (Fsp3) is 0.487. The molecule has 56 heavy (non-hydrogen) atoms. The summed E-state index contributed by atoms with van der Waals surface area (Å²) in [5.41, 5.74) is 2.58. The molecule has 2 heterocycles. The van der Waals surface area contributed by atoms with Crippen molar-refractivity contribution in [2.24, 2.45) is 0 Å². The molecule has 3 N–H and O–H groups in total. The van der Waals surface area contributed by atoms with Crippen LogP contribution < -0.4 is 44.4 Å². The maximum absolute atomic E-state index is 12.2. The number of hydrogen-bond acceptors (Lipinski definition) is 10. The first-order valence-corrected chi connectivity index (χ1v) is 21.0. The van der Waals surface area contributed by atoms with Crippen LogP contribution in [0, 0.1) is 0 Å². The fourth-order valence-corrected chi connectivity index (χ4v) is 7.84. The number of anilines is 1. The molecule has 302 valence electrons. The number of nitrogens with zero attached hydrogens (tertiary/aromatic N) is 2. The van der Waals surface area contributed by atoms with Crippen LogP contribution in [0.25, 0.3) is 17.4 Å². The first-order chi connectivity index (χ1) is 25.8. The maximum atomic E-state index is 12.2. The standard InChI is InChI=1S/C39H52N2O12S2.Na/c1-38(2,3)32-26-29(53-35-25-28(11-13-31(32)35)40(17-21-50-5)18-22-51-6)9-7-10-36-39(4,16-8-24-54(44,45)46)33-27-30(55(47,48)49)12-14-34(33)41(36)19-23-52-20-15-37(42)43;/h7,9-14,25-27H,8,15-24H2,1-6H3,(H2-,42,43,44,45,46,47,48,49);/q;+1/p+1. The van der Waals surface area contributed by atoms with E-state index in [4.69, 9.17) is 23.7 Å². The van der Waals surface area contributed by atoms with Gasteiger partial charge in [0.25, 0.3) is 20.2 Å². The molecule has 0 aromatic heterocycles. The number of hydrogen-bond donors (Lipinski definition) is 3. The van der Waals surface area contributed by atoms with Crippen LogP contribution in [0.1, 0.15) is 63.8 Å². The van der Waals surface area contributed by atoms with Gasteiger partial charge in [-0.05, 0) is 78.8 Å². The molecule has 0 fully saturated rings. The van der Waals surface area contributed by atoms with Crippen molar-refractivity contribution in [1.29, 1.82) is 0 Å². The summed E-state index contributed by atoms with van der Waals surface area (Å²) in [6.45, 7) is 10.9. The van der Waals surface area contributed by atoms with Gasteiger partial charge >= 0.3 is 35.5 Å². The van der Waals surface area contributed by atoms with Crippen molar-refractivity contribution in [3.63, 3.8) is 0 Å². The zero-order chi connectivity index (χ0) is 40.6. The van der Waals surface area contributed by atoms with E-state index in [0.717, 1.165) is 16.5 Å². The molecule has 0 bridgehead atoms. The van der Waals surface area contributed by atoms with Gasteiger partial charge in [-0.2, -0.15) is 16.8 Å². The van der Waals surface area contributed by atoms with Crippen LogP contribution in [-0.2, 0) is 50.1 Å². The van der Waals surface area contributed by atoms with Crippen molar-refractivity contribution in [2.75, 3.05) is 70.9 Å². The second-order valence-corrected chi connectivity index (χ2v) is 17.7. The Bertz CT molecular complexity index is 2150. The summed E-state index contributed by atoms with van der Waals surface area (Å²) < 4.78 is 92.4. The molecule has 0 spiro atoms. The molecule has 4 rings (SSSR count). The Kier molecular flexibility index (Phi) is 17.1. The van der Waals surface area contributed by atoms with Gasteiger partial charge in [-0.15, -0.1) is 0 Å². The summed E-state index contributed by atoms with van der Waals surface area (Å²) in [4.78, 5) is 12.6. The molecule has 17 heteroatoms. The van der Waals surface area contributed by atoms with Crippen LogP contribution in [0.15, 0.2) is 69.6 Å². The summed E-state index contributed by atoms with van der Waals surface area (Å²) in [6, 6.07) is 12.3. The number of carboxylic acid groups (broad SMARTS) is 1. The van der Waals surface area contributed by atoms with Gasteiger partial charge in [-0.1, -0.05) is 26.8 Å². The molecule has 14 nitrogen and oxygen atoms in total. The van der Waals surface area contributed by atoms with Crippen molar-refractivity contribution < 1.29 is 84.0 Å². The fourth-order valence-electron chi connectivity index (χ4n) is 6.82. The van der Waals surface area contributed by atoms with E-state index < -0.39 is 37.4 Å². The monoisotopic (exact) mass is 828 g/mol. The molecular weight excluding hydrogens is 776 g/mol. The van der Waals surface area contributed by atoms with E-state index in [0.29, 0.717) is 54.8 Å². The Labute approximate surface area is 352 Å². The van der Waals surface area contributed by atoms with Crippen molar-refractivity contribution in [3.05, 3.63) is 82.6 Å². The number of rotatable bonds is 19. The second-order valence-electron chi connectivity index (χ2n) is 14.7. The zero-order valence-corrected chi connectivity index (χ0v) is 36.9. The Morgan fingerprint density at radius 2 is 1.64 bits per heavy atom. The third-order valence-corrected chi connectivity index (χ3v) is 11.2. The third kappa shape index (κ3) is 12.5. The summed E-state index contributed by atoms with van der Waals surface area (Å²) in [5, 5.41) is 10.00. The van der Waals surface area contributed by atoms with E-state index >= 15 is 0 Å². The molecule has 1 aromatic rings. The molecule has 0 saturated heterocycles. The predicted molar refractivity (Wildman–Crippen MR) is 210 cm³/mol. The Morgan fingerprint density at radius 3 is 2.23 bits per heavy atom. The summed E-state index contributed by atoms with van der Waals surface area (Å²) in [7, 11) is -5.56. The topological polar surface area (TPSA) is 193 Å². The molecule has 1 unspecified atom stereocenters. The van der Waals surface area contributed by atoms with Gasteiger partial charge < -0.3 is 28.6 Å². The van der Waals surface area contributed by atoms with Crippen LogP contribution in [0.3, 0.4) is 0 Å². The number of benzene rings is 2. The number of carbonyl (C=O) groups is 1.